The maximum absolute atomic E-state index is 13.2. The van der Waals surface area contributed by atoms with E-state index < -0.39 is 6.04 Å². The normalized spacial score (nSPS) is 11.5. The molecule has 3 aromatic carbocycles. The zero-order valence-corrected chi connectivity index (χ0v) is 20.0. The number of ether oxygens (including phenoxy) is 3. The second kappa shape index (κ2) is 10.2. The van der Waals surface area contributed by atoms with Gasteiger partial charge in [-0.2, -0.15) is 5.26 Å². The van der Waals surface area contributed by atoms with E-state index in [-0.39, 0.29) is 5.91 Å². The molecule has 1 N–H and O–H groups in total. The number of rotatable bonds is 8. The number of benzene rings is 3. The Balaban J connectivity index is 1.66. The van der Waals surface area contributed by atoms with Crippen LogP contribution in [0.3, 0.4) is 0 Å². The second-order valence-corrected chi connectivity index (χ2v) is 7.96. The van der Waals surface area contributed by atoms with Crippen LogP contribution in [0.5, 0.6) is 17.2 Å². The first kappa shape index (κ1) is 23.6. The zero-order valence-electron chi connectivity index (χ0n) is 20.0. The van der Waals surface area contributed by atoms with Gasteiger partial charge in [-0.15, -0.1) is 0 Å². The van der Waals surface area contributed by atoms with E-state index in [1.807, 2.05) is 43.3 Å². The Bertz CT molecular complexity index is 1380. The number of methoxy groups -OCH3 is 3. The fraction of sp³-hybridized carbons (Fsp3) is 0.222. The number of hydrogen-bond donors (Lipinski definition) is 1. The number of nitrogens with one attached hydrogen (secondary N) is 1. The molecular formula is C27H26N4O4. The smallest absolute Gasteiger partial charge is 0.252 e. The quantitative estimate of drug-likeness (QED) is 0.408. The van der Waals surface area contributed by atoms with E-state index in [1.165, 1.54) is 21.3 Å². The summed E-state index contributed by atoms with van der Waals surface area (Å²) in [5.74, 6) is 1.64. The van der Waals surface area contributed by atoms with Crippen molar-refractivity contribution >= 4 is 16.9 Å². The van der Waals surface area contributed by atoms with E-state index in [0.717, 1.165) is 22.4 Å². The number of amides is 1. The number of aromatic nitrogens is 2. The maximum Gasteiger partial charge on any atom is 0.252 e. The third kappa shape index (κ3) is 4.75. The average Bonchev–Trinajstić information content (AvgIpc) is 3.26. The van der Waals surface area contributed by atoms with Crippen molar-refractivity contribution < 1.29 is 19.0 Å². The summed E-state index contributed by atoms with van der Waals surface area (Å²) in [5.41, 5.74) is 3.80. The molecular weight excluding hydrogens is 444 g/mol. The fourth-order valence-electron chi connectivity index (χ4n) is 4.01. The van der Waals surface area contributed by atoms with Crippen LogP contribution in [0.1, 0.15) is 40.3 Å². The van der Waals surface area contributed by atoms with Gasteiger partial charge in [0.2, 0.25) is 5.75 Å². The Kier molecular flexibility index (Phi) is 6.88. The summed E-state index contributed by atoms with van der Waals surface area (Å²) in [7, 11) is 4.53. The molecule has 0 aliphatic carbocycles. The van der Waals surface area contributed by atoms with Crippen molar-refractivity contribution in [1.82, 2.24) is 14.9 Å². The van der Waals surface area contributed by atoms with Crippen LogP contribution < -0.4 is 19.5 Å². The van der Waals surface area contributed by atoms with Crippen LogP contribution >= 0.6 is 0 Å². The monoisotopic (exact) mass is 470 g/mol. The second-order valence-electron chi connectivity index (χ2n) is 7.96. The van der Waals surface area contributed by atoms with Gasteiger partial charge < -0.3 is 24.1 Å². The maximum atomic E-state index is 13.2. The molecule has 8 heteroatoms. The number of fused-ring (bicyclic) bond motifs is 1. The summed E-state index contributed by atoms with van der Waals surface area (Å²) in [6.07, 6.45) is 0. The van der Waals surface area contributed by atoms with Gasteiger partial charge in [0, 0.05) is 12.1 Å². The number of nitriles is 1. The Morgan fingerprint density at radius 3 is 2.29 bits per heavy atom. The topological polar surface area (TPSA) is 98.4 Å². The predicted molar refractivity (Wildman–Crippen MR) is 132 cm³/mol. The van der Waals surface area contributed by atoms with Crippen LogP contribution in [0, 0.1) is 11.3 Å². The van der Waals surface area contributed by atoms with Gasteiger partial charge in [-0.1, -0.05) is 24.3 Å². The summed E-state index contributed by atoms with van der Waals surface area (Å²) in [6.45, 7) is 2.44. The molecule has 1 heterocycles. The molecule has 1 aromatic heterocycles. The number of nitrogens with zero attached hydrogens (tertiary/aromatic N) is 3. The Morgan fingerprint density at radius 2 is 1.69 bits per heavy atom. The summed E-state index contributed by atoms with van der Waals surface area (Å²) in [4.78, 5) is 18.0. The van der Waals surface area contributed by atoms with Gasteiger partial charge in [-0.05, 0) is 48.9 Å². The van der Waals surface area contributed by atoms with Crippen LogP contribution in [-0.4, -0.2) is 36.8 Å². The summed E-state index contributed by atoms with van der Waals surface area (Å²) < 4.78 is 18.2. The van der Waals surface area contributed by atoms with Crippen molar-refractivity contribution in [3.05, 3.63) is 83.2 Å². The SMILES string of the molecule is COc1cc(C(=O)NC(C)c2nc3ccccc3n2Cc2ccc(C#N)cc2)cc(OC)c1OC. The van der Waals surface area contributed by atoms with Crippen LogP contribution in [0.4, 0.5) is 0 Å². The molecule has 4 rings (SSSR count). The van der Waals surface area contributed by atoms with Gasteiger partial charge in [0.05, 0.1) is 50.0 Å². The number of para-hydroxylation sites is 2. The van der Waals surface area contributed by atoms with Gasteiger partial charge in [0.25, 0.3) is 5.91 Å². The van der Waals surface area contributed by atoms with Crippen LogP contribution in [0.25, 0.3) is 11.0 Å². The first-order chi connectivity index (χ1) is 17.0. The van der Waals surface area contributed by atoms with Crippen molar-refractivity contribution in [2.45, 2.75) is 19.5 Å². The summed E-state index contributed by atoms with van der Waals surface area (Å²) >= 11 is 0. The molecule has 0 bridgehead atoms. The highest BCUT2D eigenvalue weighted by molar-refractivity contribution is 5.96. The van der Waals surface area contributed by atoms with Crippen molar-refractivity contribution in [2.75, 3.05) is 21.3 Å². The van der Waals surface area contributed by atoms with Gasteiger partial charge in [-0.25, -0.2) is 4.98 Å². The minimum absolute atomic E-state index is 0.297. The standard InChI is InChI=1S/C27H26N4O4/c1-17(29-27(32)20-13-23(33-2)25(35-4)24(14-20)34-3)26-30-21-7-5-6-8-22(21)31(26)16-19-11-9-18(15-28)10-12-19/h5-14,17H,16H2,1-4H3,(H,29,32). The Hall–Kier alpha value is -4.51. The van der Waals surface area contributed by atoms with Gasteiger partial charge in [0.1, 0.15) is 5.82 Å². The lowest BCUT2D eigenvalue weighted by Gasteiger charge is -2.18. The van der Waals surface area contributed by atoms with Gasteiger partial charge in [-0.3, -0.25) is 4.79 Å². The minimum atomic E-state index is -0.396. The first-order valence-electron chi connectivity index (χ1n) is 11.0. The van der Waals surface area contributed by atoms with Crippen molar-refractivity contribution in [2.24, 2.45) is 0 Å². The van der Waals surface area contributed by atoms with E-state index >= 15 is 0 Å². The molecule has 0 aliphatic rings. The van der Waals surface area contributed by atoms with E-state index in [1.54, 1.807) is 24.3 Å². The lowest BCUT2D eigenvalue weighted by Crippen LogP contribution is -2.29. The largest absolute Gasteiger partial charge is 0.493 e. The average molecular weight is 471 g/mol. The molecule has 1 atom stereocenters. The molecule has 35 heavy (non-hydrogen) atoms. The third-order valence-corrected chi connectivity index (χ3v) is 5.77. The van der Waals surface area contributed by atoms with E-state index in [4.69, 9.17) is 24.5 Å². The molecule has 1 amide bonds. The van der Waals surface area contributed by atoms with Crippen LogP contribution in [0.15, 0.2) is 60.7 Å². The molecule has 4 aromatic rings. The molecule has 0 radical (unpaired) electrons. The van der Waals surface area contributed by atoms with Crippen molar-refractivity contribution in [1.29, 1.82) is 5.26 Å². The van der Waals surface area contributed by atoms with Gasteiger partial charge in [0.15, 0.2) is 11.5 Å². The highest BCUT2D eigenvalue weighted by Crippen LogP contribution is 2.38. The zero-order chi connectivity index (χ0) is 24.9. The molecule has 1 unspecified atom stereocenters. The molecule has 0 fully saturated rings. The number of carbonyl (C=O) groups excluding carboxylic acids is 1. The summed E-state index contributed by atoms with van der Waals surface area (Å²) in [6, 6.07) is 20.3. The molecule has 0 aliphatic heterocycles. The van der Waals surface area contributed by atoms with E-state index in [0.29, 0.717) is 34.9 Å². The van der Waals surface area contributed by atoms with E-state index in [9.17, 15) is 4.79 Å². The number of hydrogen-bond acceptors (Lipinski definition) is 6. The number of imidazole rings is 1. The highest BCUT2D eigenvalue weighted by atomic mass is 16.5. The molecule has 178 valence electrons. The predicted octanol–water partition coefficient (Wildman–Crippen LogP) is 4.47. The fourth-order valence-corrected chi connectivity index (χ4v) is 4.01. The minimum Gasteiger partial charge on any atom is -0.493 e. The molecule has 0 saturated heterocycles. The van der Waals surface area contributed by atoms with Crippen LogP contribution in [-0.2, 0) is 6.54 Å². The Morgan fingerprint density at radius 1 is 1.03 bits per heavy atom. The Labute approximate surface area is 203 Å². The molecule has 0 saturated carbocycles. The lowest BCUT2D eigenvalue weighted by molar-refractivity contribution is 0.0937. The van der Waals surface area contributed by atoms with Crippen LogP contribution in [0.2, 0.25) is 0 Å². The number of carbonyl (C=O) groups is 1. The lowest BCUT2D eigenvalue weighted by atomic mass is 10.1. The van der Waals surface area contributed by atoms with Crippen molar-refractivity contribution in [3.8, 4) is 23.3 Å². The summed E-state index contributed by atoms with van der Waals surface area (Å²) in [5, 5.41) is 12.1. The van der Waals surface area contributed by atoms with Crippen molar-refractivity contribution in [3.63, 3.8) is 0 Å². The van der Waals surface area contributed by atoms with Gasteiger partial charge >= 0.3 is 0 Å². The van der Waals surface area contributed by atoms with E-state index in [2.05, 4.69) is 16.0 Å². The first-order valence-corrected chi connectivity index (χ1v) is 11.0. The molecule has 0 spiro atoms. The third-order valence-electron chi connectivity index (χ3n) is 5.77. The highest BCUT2D eigenvalue weighted by Gasteiger charge is 2.22. The molecule has 8 nitrogen and oxygen atoms in total.